The number of aryl methyl sites for hydroxylation is 2. The van der Waals surface area contributed by atoms with Gasteiger partial charge in [0.15, 0.2) is 5.17 Å². The highest BCUT2D eigenvalue weighted by atomic mass is 32.2. The molecule has 0 heterocycles. The number of hydrogen-bond donors (Lipinski definition) is 1. The molecule has 0 spiro atoms. The second-order valence-electron chi connectivity index (χ2n) is 5.12. The number of thioether (sulfide) groups is 1. The van der Waals surface area contributed by atoms with Crippen LogP contribution in [0.1, 0.15) is 42.4 Å². The number of rotatable bonds is 3. The minimum atomic E-state index is 0.483. The van der Waals surface area contributed by atoms with Crippen molar-refractivity contribution in [3.8, 4) is 0 Å². The van der Waals surface area contributed by atoms with Gasteiger partial charge in [-0.15, -0.1) is 0 Å². The maximum absolute atomic E-state index is 6.00. The molecule has 2 nitrogen and oxygen atoms in total. The monoisotopic (exact) mass is 262 g/mol. The second-order valence-corrected chi connectivity index (χ2v) is 6.12. The van der Waals surface area contributed by atoms with Crippen LogP contribution < -0.4 is 5.73 Å². The first-order chi connectivity index (χ1) is 8.65. The van der Waals surface area contributed by atoms with Crippen LogP contribution in [0.4, 0.5) is 0 Å². The molecule has 0 saturated heterocycles. The van der Waals surface area contributed by atoms with E-state index in [-0.39, 0.29) is 0 Å². The van der Waals surface area contributed by atoms with Gasteiger partial charge >= 0.3 is 0 Å². The molecule has 2 N–H and O–H groups in total. The lowest BCUT2D eigenvalue weighted by atomic mass is 10.1. The van der Waals surface area contributed by atoms with E-state index in [1.165, 1.54) is 42.4 Å². The molecule has 1 fully saturated rings. The summed E-state index contributed by atoms with van der Waals surface area (Å²) in [6.45, 7) is 4.28. The first-order valence-corrected chi connectivity index (χ1v) is 7.66. The third kappa shape index (κ3) is 3.77. The van der Waals surface area contributed by atoms with Crippen molar-refractivity contribution in [2.75, 3.05) is 0 Å². The Morgan fingerprint density at radius 3 is 2.78 bits per heavy atom. The summed E-state index contributed by atoms with van der Waals surface area (Å²) in [6, 6.07) is 7.05. The normalized spacial score (nSPS) is 17.3. The molecule has 2 rings (SSSR count). The van der Waals surface area contributed by atoms with E-state index >= 15 is 0 Å². The van der Waals surface area contributed by atoms with Gasteiger partial charge in [-0.05, 0) is 37.8 Å². The van der Waals surface area contributed by atoms with Gasteiger partial charge < -0.3 is 5.73 Å². The van der Waals surface area contributed by atoms with Crippen LogP contribution in [0.3, 0.4) is 0 Å². The zero-order valence-corrected chi connectivity index (χ0v) is 12.1. The summed E-state index contributed by atoms with van der Waals surface area (Å²) in [4.78, 5) is 4.60. The lowest BCUT2D eigenvalue weighted by molar-refractivity contribution is 0.708. The Labute approximate surface area is 114 Å². The van der Waals surface area contributed by atoms with E-state index in [4.69, 9.17) is 5.73 Å². The first kappa shape index (κ1) is 13.5. The molecule has 0 aliphatic heterocycles. The van der Waals surface area contributed by atoms with E-state index in [0.717, 1.165) is 10.9 Å². The third-order valence-corrected chi connectivity index (χ3v) is 4.37. The molecule has 18 heavy (non-hydrogen) atoms. The Bertz CT molecular complexity index is 434. The van der Waals surface area contributed by atoms with Crippen molar-refractivity contribution in [1.29, 1.82) is 0 Å². The fourth-order valence-electron chi connectivity index (χ4n) is 2.36. The van der Waals surface area contributed by atoms with Crippen LogP contribution in [0.25, 0.3) is 0 Å². The molecule has 1 aromatic rings. The zero-order valence-electron chi connectivity index (χ0n) is 11.3. The lowest BCUT2D eigenvalue weighted by Gasteiger charge is -2.08. The Morgan fingerprint density at radius 1 is 1.33 bits per heavy atom. The molecular weight excluding hydrogens is 240 g/mol. The highest BCUT2D eigenvalue weighted by Crippen LogP contribution is 2.23. The van der Waals surface area contributed by atoms with Crippen molar-refractivity contribution in [2.45, 2.75) is 51.3 Å². The summed E-state index contributed by atoms with van der Waals surface area (Å²) in [5, 5.41) is 0.753. The van der Waals surface area contributed by atoms with Crippen molar-refractivity contribution >= 4 is 16.9 Å². The van der Waals surface area contributed by atoms with Gasteiger partial charge in [-0.2, -0.15) is 0 Å². The van der Waals surface area contributed by atoms with Gasteiger partial charge in [0.2, 0.25) is 0 Å². The topological polar surface area (TPSA) is 38.4 Å². The molecule has 0 bridgehead atoms. The predicted octanol–water partition coefficient (Wildman–Crippen LogP) is 3.79. The molecule has 0 amide bonds. The summed E-state index contributed by atoms with van der Waals surface area (Å²) in [7, 11) is 0. The quantitative estimate of drug-likeness (QED) is 0.665. The molecule has 0 unspecified atom stereocenters. The minimum absolute atomic E-state index is 0.483. The summed E-state index contributed by atoms with van der Waals surface area (Å²) < 4.78 is 0. The van der Waals surface area contributed by atoms with Crippen LogP contribution in [-0.2, 0) is 5.75 Å². The molecule has 1 saturated carbocycles. The summed E-state index contributed by atoms with van der Waals surface area (Å²) >= 11 is 1.67. The smallest absolute Gasteiger partial charge is 0.154 e. The maximum Gasteiger partial charge on any atom is 0.154 e. The van der Waals surface area contributed by atoms with Gasteiger partial charge in [0.25, 0.3) is 0 Å². The molecule has 3 heteroatoms. The Kier molecular flexibility index (Phi) is 4.70. The molecule has 0 aromatic heterocycles. The number of benzene rings is 1. The summed E-state index contributed by atoms with van der Waals surface area (Å²) in [6.07, 6.45) is 5.04. The summed E-state index contributed by atoms with van der Waals surface area (Å²) in [5.41, 5.74) is 10.0. The number of nitrogens with zero attached hydrogens (tertiary/aromatic N) is 1. The van der Waals surface area contributed by atoms with E-state index in [1.54, 1.807) is 11.8 Å². The van der Waals surface area contributed by atoms with E-state index < -0.39 is 0 Å². The van der Waals surface area contributed by atoms with E-state index in [1.807, 2.05) is 0 Å². The third-order valence-electron chi connectivity index (χ3n) is 3.51. The minimum Gasteiger partial charge on any atom is -0.379 e. The van der Waals surface area contributed by atoms with Crippen LogP contribution in [0.15, 0.2) is 23.2 Å². The van der Waals surface area contributed by atoms with Crippen LogP contribution in [-0.4, -0.2) is 11.2 Å². The van der Waals surface area contributed by atoms with Crippen LogP contribution in [0.5, 0.6) is 0 Å². The highest BCUT2D eigenvalue weighted by Gasteiger charge is 2.14. The van der Waals surface area contributed by atoms with Gasteiger partial charge in [0.05, 0.1) is 6.04 Å². The fourth-order valence-corrected chi connectivity index (χ4v) is 3.20. The predicted molar refractivity (Wildman–Crippen MR) is 81.1 cm³/mol. The maximum atomic E-state index is 6.00. The molecule has 0 radical (unpaired) electrons. The Balaban J connectivity index is 1.92. The molecule has 0 atom stereocenters. The number of hydrogen-bond acceptors (Lipinski definition) is 2. The fraction of sp³-hybridized carbons (Fsp3) is 0.533. The SMILES string of the molecule is Cc1ccc(C)c(CSC(N)=NC2CCCC2)c1. The van der Waals surface area contributed by atoms with Crippen molar-refractivity contribution in [3.05, 3.63) is 34.9 Å². The number of aliphatic imine (C=N–C) groups is 1. The van der Waals surface area contributed by atoms with Gasteiger partial charge in [-0.3, -0.25) is 4.99 Å². The van der Waals surface area contributed by atoms with Gasteiger partial charge in [-0.1, -0.05) is 48.4 Å². The van der Waals surface area contributed by atoms with Crippen LogP contribution in [0, 0.1) is 13.8 Å². The molecule has 1 aliphatic carbocycles. The van der Waals surface area contributed by atoms with Crippen molar-refractivity contribution in [1.82, 2.24) is 0 Å². The molecule has 1 aromatic carbocycles. The number of nitrogens with two attached hydrogens (primary N) is 1. The van der Waals surface area contributed by atoms with Crippen molar-refractivity contribution < 1.29 is 0 Å². The number of amidine groups is 1. The summed E-state index contributed by atoms with van der Waals surface area (Å²) in [5.74, 6) is 0.926. The zero-order chi connectivity index (χ0) is 13.0. The Hall–Kier alpha value is -0.960. The molecule has 1 aliphatic rings. The molecular formula is C15H22N2S. The van der Waals surface area contributed by atoms with Gasteiger partial charge in [-0.25, -0.2) is 0 Å². The molecule has 98 valence electrons. The average molecular weight is 262 g/mol. The van der Waals surface area contributed by atoms with Crippen LogP contribution >= 0.6 is 11.8 Å². The average Bonchev–Trinajstić information content (AvgIpc) is 2.83. The standard InChI is InChI=1S/C15H22N2S/c1-11-7-8-12(2)13(9-11)10-18-15(16)17-14-5-3-4-6-14/h7-9,14H,3-6,10H2,1-2H3,(H2,16,17). The second kappa shape index (κ2) is 6.28. The van der Waals surface area contributed by atoms with E-state index in [2.05, 4.69) is 37.0 Å². The van der Waals surface area contributed by atoms with E-state index in [0.29, 0.717) is 6.04 Å². The van der Waals surface area contributed by atoms with Crippen LogP contribution in [0.2, 0.25) is 0 Å². The highest BCUT2D eigenvalue weighted by molar-refractivity contribution is 8.13. The van der Waals surface area contributed by atoms with Crippen molar-refractivity contribution in [2.24, 2.45) is 10.7 Å². The van der Waals surface area contributed by atoms with Crippen molar-refractivity contribution in [3.63, 3.8) is 0 Å². The van der Waals surface area contributed by atoms with E-state index in [9.17, 15) is 0 Å². The Morgan fingerprint density at radius 2 is 2.06 bits per heavy atom. The lowest BCUT2D eigenvalue weighted by Crippen LogP contribution is -2.11. The largest absolute Gasteiger partial charge is 0.379 e. The van der Waals surface area contributed by atoms with Gasteiger partial charge in [0, 0.05) is 5.75 Å². The van der Waals surface area contributed by atoms with Gasteiger partial charge in [0.1, 0.15) is 0 Å². The first-order valence-electron chi connectivity index (χ1n) is 6.67.